The molecule has 0 aliphatic carbocycles. The van der Waals surface area contributed by atoms with Crippen LogP contribution in [0.1, 0.15) is 35.1 Å². The number of aromatic carboxylic acids is 1. The van der Waals surface area contributed by atoms with Gasteiger partial charge in [0.1, 0.15) is 11.6 Å². The first kappa shape index (κ1) is 16.1. The van der Waals surface area contributed by atoms with Gasteiger partial charge in [-0.3, -0.25) is 4.79 Å². The number of carboxylic acid groups (broad SMARTS) is 1. The molecule has 3 heterocycles. The van der Waals surface area contributed by atoms with E-state index in [1.54, 1.807) is 6.20 Å². The lowest BCUT2D eigenvalue weighted by atomic mass is 10.0. The van der Waals surface area contributed by atoms with Crippen LogP contribution in [0.5, 0.6) is 5.75 Å². The lowest BCUT2D eigenvalue weighted by Crippen LogP contribution is -2.20. The molecule has 1 aliphatic heterocycles. The molecular weight excluding hydrogens is 310 g/mol. The van der Waals surface area contributed by atoms with E-state index in [4.69, 9.17) is 5.11 Å². The lowest BCUT2D eigenvalue weighted by Gasteiger charge is -2.10. The van der Waals surface area contributed by atoms with E-state index in [0.717, 1.165) is 25.2 Å². The maximum atomic E-state index is 11.9. The summed E-state index contributed by atoms with van der Waals surface area (Å²) in [4.78, 5) is 30.0. The molecule has 0 saturated carbocycles. The predicted octanol–water partition coefficient (Wildman–Crippen LogP) is 1.57. The van der Waals surface area contributed by atoms with Gasteiger partial charge in [-0.05, 0) is 12.8 Å². The normalized spacial score (nSPS) is 12.8. The van der Waals surface area contributed by atoms with Gasteiger partial charge in [0.05, 0.1) is 17.6 Å². The van der Waals surface area contributed by atoms with Gasteiger partial charge in [-0.25, -0.2) is 9.78 Å². The molecule has 3 rings (SSSR count). The Morgan fingerprint density at radius 3 is 2.86 bits per heavy atom. The van der Waals surface area contributed by atoms with E-state index in [9.17, 15) is 14.7 Å². The van der Waals surface area contributed by atoms with Gasteiger partial charge >= 0.3 is 5.97 Å². The fourth-order valence-corrected chi connectivity index (χ4v) is 2.85. The van der Waals surface area contributed by atoms with E-state index >= 15 is 0 Å². The molecule has 0 unspecified atom stereocenters. The van der Waals surface area contributed by atoms with Crippen molar-refractivity contribution in [2.75, 3.05) is 0 Å². The highest BCUT2D eigenvalue weighted by Gasteiger charge is 2.26. The number of hydrogen-bond acceptors (Lipinski definition) is 4. The van der Waals surface area contributed by atoms with Crippen LogP contribution >= 0.6 is 12.4 Å². The van der Waals surface area contributed by atoms with Gasteiger partial charge in [-0.2, -0.15) is 0 Å². The van der Waals surface area contributed by atoms with E-state index in [-0.39, 0.29) is 12.4 Å². The number of pyridine rings is 1. The Kier molecular flexibility index (Phi) is 4.27. The number of aromatic nitrogens is 3. The Balaban J connectivity index is 0.00000176. The summed E-state index contributed by atoms with van der Waals surface area (Å²) in [7, 11) is 0. The van der Waals surface area contributed by atoms with Gasteiger partial charge in [0.2, 0.25) is 0 Å². The van der Waals surface area contributed by atoms with Crippen LogP contribution in [0.3, 0.4) is 0 Å². The molecule has 0 aromatic carbocycles. The van der Waals surface area contributed by atoms with Crippen LogP contribution < -0.4 is 5.56 Å². The smallest absolute Gasteiger partial charge is 0.345 e. The zero-order valence-electron chi connectivity index (χ0n) is 11.9. The van der Waals surface area contributed by atoms with E-state index in [2.05, 4.69) is 9.97 Å². The number of aromatic hydroxyl groups is 1. The molecule has 0 fully saturated rings. The second-order valence-electron chi connectivity index (χ2n) is 5.00. The highest BCUT2D eigenvalue weighted by atomic mass is 35.5. The van der Waals surface area contributed by atoms with E-state index < -0.39 is 22.8 Å². The van der Waals surface area contributed by atoms with Crippen LogP contribution in [0.4, 0.5) is 0 Å². The minimum Gasteiger partial charge on any atom is -0.506 e. The number of aryl methyl sites for hydroxylation is 1. The number of imidazole rings is 1. The molecule has 2 aromatic rings. The minimum atomic E-state index is -1.43. The third kappa shape index (κ3) is 2.27. The topological polar surface area (TPSA) is 108 Å². The number of H-pyrrole nitrogens is 1. The molecule has 118 valence electrons. The van der Waals surface area contributed by atoms with Gasteiger partial charge in [0, 0.05) is 18.5 Å². The van der Waals surface area contributed by atoms with Crippen molar-refractivity contribution in [2.24, 2.45) is 0 Å². The number of nitrogens with zero attached hydrogens (tertiary/aromatic N) is 2. The number of carbonyl (C=O) groups is 1. The second-order valence-corrected chi connectivity index (χ2v) is 5.00. The third-order valence-corrected chi connectivity index (χ3v) is 3.82. The summed E-state index contributed by atoms with van der Waals surface area (Å²) in [6.45, 7) is 2.71. The lowest BCUT2D eigenvalue weighted by molar-refractivity contribution is 0.0691. The van der Waals surface area contributed by atoms with Crippen molar-refractivity contribution in [1.82, 2.24) is 14.5 Å². The summed E-state index contributed by atoms with van der Waals surface area (Å²) >= 11 is 0. The van der Waals surface area contributed by atoms with E-state index in [1.807, 2.05) is 11.5 Å². The Labute approximate surface area is 132 Å². The quantitative estimate of drug-likeness (QED) is 0.776. The summed E-state index contributed by atoms with van der Waals surface area (Å²) < 4.78 is 2.00. The summed E-state index contributed by atoms with van der Waals surface area (Å²) in [6.07, 6.45) is 3.66. The highest BCUT2D eigenvalue weighted by molar-refractivity contribution is 5.91. The van der Waals surface area contributed by atoms with Crippen LogP contribution in [-0.2, 0) is 19.4 Å². The Bertz CT molecular complexity index is 794. The molecule has 7 nitrogen and oxygen atoms in total. The van der Waals surface area contributed by atoms with Gasteiger partial charge in [-0.1, -0.05) is 6.92 Å². The molecule has 0 bridgehead atoms. The van der Waals surface area contributed by atoms with Gasteiger partial charge in [0.25, 0.3) is 5.56 Å². The third-order valence-electron chi connectivity index (χ3n) is 3.82. The highest BCUT2D eigenvalue weighted by Crippen LogP contribution is 2.33. The second kappa shape index (κ2) is 5.84. The molecule has 3 N–H and O–H groups in total. The molecule has 8 heteroatoms. The molecular formula is C14H16ClN3O4. The standard InChI is InChI=1S/C14H15N3O4.ClH/c1-2-9-15-6-8-11-7(4-3-5-17(8)9)12(18)10(14(20)21)13(19)16-11;/h6H,2-5H2,1H3,(H,20,21)(H2,16,18,19);1H. The van der Waals surface area contributed by atoms with Gasteiger partial charge in [-0.15, -0.1) is 12.4 Å². The molecule has 0 amide bonds. The Hall–Kier alpha value is -2.28. The maximum Gasteiger partial charge on any atom is 0.345 e. The van der Waals surface area contributed by atoms with Gasteiger partial charge < -0.3 is 19.8 Å². The van der Waals surface area contributed by atoms with E-state index in [1.165, 1.54) is 0 Å². The number of rotatable bonds is 2. The fourth-order valence-electron chi connectivity index (χ4n) is 2.85. The summed E-state index contributed by atoms with van der Waals surface area (Å²) in [5, 5.41) is 19.2. The van der Waals surface area contributed by atoms with Crippen molar-refractivity contribution in [3.63, 3.8) is 0 Å². The van der Waals surface area contributed by atoms with Crippen LogP contribution in [0.25, 0.3) is 11.4 Å². The van der Waals surface area contributed by atoms with Crippen LogP contribution in [0.15, 0.2) is 11.0 Å². The van der Waals surface area contributed by atoms with Crippen LogP contribution in [0, 0.1) is 0 Å². The van der Waals surface area contributed by atoms with Gasteiger partial charge in [0.15, 0.2) is 5.56 Å². The molecule has 0 radical (unpaired) electrons. The Morgan fingerprint density at radius 1 is 1.50 bits per heavy atom. The zero-order chi connectivity index (χ0) is 15.1. The number of fused-ring (bicyclic) bond motifs is 3. The number of halogens is 1. The number of aromatic amines is 1. The van der Waals surface area contributed by atoms with Crippen LogP contribution in [-0.4, -0.2) is 30.7 Å². The molecule has 0 saturated heterocycles. The van der Waals surface area contributed by atoms with Crippen molar-refractivity contribution in [3.05, 3.63) is 33.5 Å². The summed E-state index contributed by atoms with van der Waals surface area (Å²) in [6, 6.07) is 0. The molecule has 0 spiro atoms. The largest absolute Gasteiger partial charge is 0.506 e. The van der Waals surface area contributed by atoms with Crippen LogP contribution in [0.2, 0.25) is 0 Å². The summed E-state index contributed by atoms with van der Waals surface area (Å²) in [5.41, 5.74) is 0.244. The zero-order valence-corrected chi connectivity index (χ0v) is 12.7. The number of hydrogen-bond donors (Lipinski definition) is 3. The average molecular weight is 326 g/mol. The minimum absolute atomic E-state index is 0. The first-order chi connectivity index (χ1) is 10.0. The van der Waals surface area contributed by atoms with Crippen molar-refractivity contribution in [1.29, 1.82) is 0 Å². The first-order valence-corrected chi connectivity index (χ1v) is 6.80. The predicted molar refractivity (Wildman–Crippen MR) is 81.9 cm³/mol. The Morgan fingerprint density at radius 2 is 2.23 bits per heavy atom. The van der Waals surface area contributed by atoms with Crippen molar-refractivity contribution in [3.8, 4) is 17.1 Å². The number of nitrogens with one attached hydrogen (secondary N) is 1. The maximum absolute atomic E-state index is 11.9. The number of carboxylic acids is 1. The SMILES string of the molecule is CCc1ncc2n1CCCc1c-2[nH]c(=O)c(C(=O)O)c1O.Cl. The molecule has 22 heavy (non-hydrogen) atoms. The fraction of sp³-hybridized carbons (Fsp3) is 0.357. The van der Waals surface area contributed by atoms with Crippen molar-refractivity contribution < 1.29 is 15.0 Å². The first-order valence-electron chi connectivity index (χ1n) is 6.80. The van der Waals surface area contributed by atoms with E-state index in [0.29, 0.717) is 23.4 Å². The molecule has 2 aromatic heterocycles. The molecule has 0 atom stereocenters. The molecule has 1 aliphatic rings. The van der Waals surface area contributed by atoms with Crippen molar-refractivity contribution in [2.45, 2.75) is 32.7 Å². The monoisotopic (exact) mass is 325 g/mol. The summed E-state index contributed by atoms with van der Waals surface area (Å²) in [5.74, 6) is -0.960. The van der Waals surface area contributed by atoms with Crippen molar-refractivity contribution >= 4 is 18.4 Å². The average Bonchev–Trinajstić information content (AvgIpc) is 2.74.